The van der Waals surface area contributed by atoms with Crippen molar-refractivity contribution in [3.63, 3.8) is 0 Å². The van der Waals surface area contributed by atoms with E-state index in [0.29, 0.717) is 22.7 Å². The number of nitro benzene ring substituents is 1. The van der Waals surface area contributed by atoms with Crippen LogP contribution >= 0.6 is 28.1 Å². The molecule has 0 atom stereocenters. The number of aromatic nitrogens is 1. The van der Waals surface area contributed by atoms with Gasteiger partial charge in [-0.05, 0) is 65.5 Å². The number of ether oxygens (including phenoxy) is 1. The third-order valence-electron chi connectivity index (χ3n) is 5.61. The first-order valence-electron chi connectivity index (χ1n) is 10.9. The predicted molar refractivity (Wildman–Crippen MR) is 148 cm³/mol. The number of carbonyl (C=O) groups excluding carboxylic acids is 1. The van der Waals surface area contributed by atoms with Crippen molar-refractivity contribution in [3.8, 4) is 17.2 Å². The van der Waals surface area contributed by atoms with Gasteiger partial charge in [0, 0.05) is 27.4 Å². The maximum absolute atomic E-state index is 12.6. The van der Waals surface area contributed by atoms with E-state index in [0.717, 1.165) is 26.9 Å². The molecule has 4 aromatic carbocycles. The Labute approximate surface area is 223 Å². The summed E-state index contributed by atoms with van der Waals surface area (Å²) in [6, 6.07) is 21.0. The van der Waals surface area contributed by atoms with Gasteiger partial charge in [0.15, 0.2) is 16.4 Å². The molecule has 0 saturated heterocycles. The van der Waals surface area contributed by atoms with E-state index < -0.39 is 10.8 Å². The molecular formula is C26H17BrN4O5S. The van der Waals surface area contributed by atoms with Crippen molar-refractivity contribution in [1.82, 2.24) is 10.3 Å². The molecule has 1 amide bonds. The van der Waals surface area contributed by atoms with Crippen LogP contribution in [0.1, 0.15) is 10.4 Å². The molecule has 1 heterocycles. The Morgan fingerprint density at radius 2 is 1.86 bits per heavy atom. The molecule has 5 rings (SSSR count). The van der Waals surface area contributed by atoms with Crippen molar-refractivity contribution in [1.29, 1.82) is 0 Å². The first kappa shape index (κ1) is 24.3. The van der Waals surface area contributed by atoms with Crippen LogP contribution in [0.25, 0.3) is 33.3 Å². The van der Waals surface area contributed by atoms with Gasteiger partial charge in [-0.2, -0.15) is 0 Å². The van der Waals surface area contributed by atoms with E-state index in [1.54, 1.807) is 18.2 Å². The van der Waals surface area contributed by atoms with E-state index in [1.165, 1.54) is 19.2 Å². The number of amides is 1. The van der Waals surface area contributed by atoms with E-state index in [2.05, 4.69) is 31.5 Å². The fourth-order valence-corrected chi connectivity index (χ4v) is 4.60. The van der Waals surface area contributed by atoms with E-state index in [1.807, 2.05) is 36.4 Å². The Morgan fingerprint density at radius 1 is 1.08 bits per heavy atom. The fourth-order valence-electron chi connectivity index (χ4n) is 3.89. The number of hydrogen-bond acceptors (Lipinski definition) is 7. The van der Waals surface area contributed by atoms with Crippen molar-refractivity contribution in [3.05, 3.63) is 92.9 Å². The maximum Gasteiger partial charge on any atom is 0.311 e. The molecule has 0 aliphatic heterocycles. The van der Waals surface area contributed by atoms with Gasteiger partial charge in [0.2, 0.25) is 5.89 Å². The topological polar surface area (TPSA) is 120 Å². The molecule has 5 aromatic rings. The highest BCUT2D eigenvalue weighted by atomic mass is 79.9. The zero-order valence-electron chi connectivity index (χ0n) is 19.2. The molecule has 0 unspecified atom stereocenters. The first-order chi connectivity index (χ1) is 17.8. The Bertz CT molecular complexity index is 1720. The molecule has 0 saturated carbocycles. The highest BCUT2D eigenvalue weighted by Gasteiger charge is 2.19. The third-order valence-corrected chi connectivity index (χ3v) is 6.51. The average molecular weight is 577 g/mol. The summed E-state index contributed by atoms with van der Waals surface area (Å²) in [6.07, 6.45) is 0. The number of thiocarbonyl (C=S) groups is 1. The van der Waals surface area contributed by atoms with Gasteiger partial charge in [-0.3, -0.25) is 20.2 Å². The molecule has 2 N–H and O–H groups in total. The Hall–Kier alpha value is -4.35. The summed E-state index contributed by atoms with van der Waals surface area (Å²) in [6.45, 7) is 0. The summed E-state index contributed by atoms with van der Waals surface area (Å²) < 4.78 is 12.0. The molecule has 9 nitrogen and oxygen atoms in total. The number of carbonyl (C=O) groups is 1. The molecule has 0 radical (unpaired) electrons. The summed E-state index contributed by atoms with van der Waals surface area (Å²) in [7, 11) is 1.32. The standard InChI is InChI=1S/C26H17BrN4O5S/c1-35-23-10-8-14(12-21(23)31(33)34)24(32)30-26(37)28-15-9-11-22-20(13-15)29-25(36-22)18-6-2-5-17-16(18)4-3-7-19(17)27/h2-13H,1H3,(H2,28,30,32,37). The number of nitrogens with one attached hydrogen (secondary N) is 2. The minimum Gasteiger partial charge on any atom is -0.490 e. The van der Waals surface area contributed by atoms with Crippen molar-refractivity contribution in [2.75, 3.05) is 12.4 Å². The smallest absolute Gasteiger partial charge is 0.311 e. The summed E-state index contributed by atoms with van der Waals surface area (Å²) in [5.74, 6) is -0.0679. The van der Waals surface area contributed by atoms with Crippen molar-refractivity contribution >= 4 is 72.4 Å². The van der Waals surface area contributed by atoms with Gasteiger partial charge in [0.1, 0.15) is 5.52 Å². The van der Waals surface area contributed by atoms with Crippen LogP contribution in [0.15, 0.2) is 81.7 Å². The van der Waals surface area contributed by atoms with E-state index in [-0.39, 0.29) is 22.1 Å². The number of halogens is 1. The minimum atomic E-state index is -0.620. The summed E-state index contributed by atoms with van der Waals surface area (Å²) >= 11 is 8.85. The minimum absolute atomic E-state index is 0.0189. The second-order valence-electron chi connectivity index (χ2n) is 7.89. The summed E-state index contributed by atoms with van der Waals surface area (Å²) in [5.41, 5.74) is 2.38. The van der Waals surface area contributed by atoms with E-state index in [4.69, 9.17) is 21.4 Å². The van der Waals surface area contributed by atoms with E-state index in [9.17, 15) is 14.9 Å². The number of hydrogen-bond donors (Lipinski definition) is 2. The van der Waals surface area contributed by atoms with Crippen LogP contribution in [0.5, 0.6) is 5.75 Å². The Balaban J connectivity index is 1.35. The highest BCUT2D eigenvalue weighted by Crippen LogP contribution is 2.34. The fraction of sp³-hybridized carbons (Fsp3) is 0.0385. The van der Waals surface area contributed by atoms with Gasteiger partial charge >= 0.3 is 5.69 Å². The molecule has 184 valence electrons. The van der Waals surface area contributed by atoms with Gasteiger partial charge < -0.3 is 14.5 Å². The van der Waals surface area contributed by atoms with E-state index >= 15 is 0 Å². The number of benzene rings is 4. The van der Waals surface area contributed by atoms with Crippen molar-refractivity contribution in [2.45, 2.75) is 0 Å². The zero-order valence-corrected chi connectivity index (χ0v) is 21.6. The SMILES string of the molecule is COc1ccc(C(=O)NC(=S)Nc2ccc3oc(-c4cccc5c(Br)cccc45)nc3c2)cc1[N+](=O)[O-]. The van der Waals surface area contributed by atoms with Crippen LogP contribution in [0.3, 0.4) is 0 Å². The predicted octanol–water partition coefficient (Wildman–Crippen LogP) is 6.45. The van der Waals surface area contributed by atoms with Crippen molar-refractivity contribution < 1.29 is 18.9 Å². The third kappa shape index (κ3) is 4.86. The lowest BCUT2D eigenvalue weighted by Crippen LogP contribution is -2.34. The largest absolute Gasteiger partial charge is 0.490 e. The van der Waals surface area contributed by atoms with Crippen LogP contribution in [-0.2, 0) is 0 Å². The molecule has 0 fully saturated rings. The molecule has 11 heteroatoms. The quantitative estimate of drug-likeness (QED) is 0.139. The first-order valence-corrected chi connectivity index (χ1v) is 12.1. The van der Waals surface area contributed by atoms with Gasteiger partial charge in [0.25, 0.3) is 5.91 Å². The van der Waals surface area contributed by atoms with Gasteiger partial charge in [0.05, 0.1) is 12.0 Å². The van der Waals surface area contributed by atoms with Crippen LogP contribution in [0.4, 0.5) is 11.4 Å². The molecule has 0 bridgehead atoms. The second-order valence-corrected chi connectivity index (χ2v) is 9.16. The molecule has 1 aromatic heterocycles. The monoisotopic (exact) mass is 576 g/mol. The average Bonchev–Trinajstić information content (AvgIpc) is 3.31. The molecular weight excluding hydrogens is 560 g/mol. The van der Waals surface area contributed by atoms with Gasteiger partial charge in [-0.15, -0.1) is 0 Å². The number of nitrogens with zero attached hydrogens (tertiary/aromatic N) is 2. The number of nitro groups is 1. The molecule has 0 spiro atoms. The highest BCUT2D eigenvalue weighted by molar-refractivity contribution is 9.10. The summed E-state index contributed by atoms with van der Waals surface area (Å²) in [5, 5.41) is 18.8. The molecule has 37 heavy (non-hydrogen) atoms. The number of methoxy groups -OCH3 is 1. The van der Waals surface area contributed by atoms with Gasteiger partial charge in [-0.25, -0.2) is 4.98 Å². The van der Waals surface area contributed by atoms with Crippen LogP contribution in [0, 0.1) is 10.1 Å². The van der Waals surface area contributed by atoms with Gasteiger partial charge in [-0.1, -0.05) is 40.2 Å². The Morgan fingerprint density at radius 3 is 2.65 bits per heavy atom. The summed E-state index contributed by atoms with van der Waals surface area (Å²) in [4.78, 5) is 27.9. The zero-order chi connectivity index (χ0) is 26.1. The Kier molecular flexibility index (Phi) is 6.55. The molecule has 0 aliphatic rings. The van der Waals surface area contributed by atoms with Crippen LogP contribution < -0.4 is 15.4 Å². The number of fused-ring (bicyclic) bond motifs is 2. The number of anilines is 1. The normalized spacial score (nSPS) is 10.9. The lowest BCUT2D eigenvalue weighted by atomic mass is 10.0. The lowest BCUT2D eigenvalue weighted by molar-refractivity contribution is -0.385. The lowest BCUT2D eigenvalue weighted by Gasteiger charge is -2.10. The molecule has 0 aliphatic carbocycles. The second kappa shape index (κ2) is 9.96. The number of oxazole rings is 1. The number of rotatable bonds is 5. The van der Waals surface area contributed by atoms with Crippen molar-refractivity contribution in [2.24, 2.45) is 0 Å². The van der Waals surface area contributed by atoms with Crippen LogP contribution in [-0.4, -0.2) is 28.0 Å². The van der Waals surface area contributed by atoms with Crippen LogP contribution in [0.2, 0.25) is 0 Å². The maximum atomic E-state index is 12.6.